The first-order valence-electron chi connectivity index (χ1n) is 7.25. The molecule has 0 aliphatic heterocycles. The van der Waals surface area contributed by atoms with Crippen LogP contribution in [-0.4, -0.2) is 22.8 Å². The topological polar surface area (TPSA) is 47.4 Å². The number of hydroxylamine groups is 1. The third kappa shape index (κ3) is 4.46. The fraction of sp³-hybridized carbons (Fsp3) is 0.294. The predicted octanol–water partition coefficient (Wildman–Crippen LogP) is 3.49. The summed E-state index contributed by atoms with van der Waals surface area (Å²) in [4.78, 5) is 17.0. The summed E-state index contributed by atoms with van der Waals surface area (Å²) < 4.78 is 1.78. The van der Waals surface area contributed by atoms with Crippen molar-refractivity contribution in [1.29, 1.82) is 0 Å². The molecule has 122 valence electrons. The lowest BCUT2D eigenvalue weighted by Crippen LogP contribution is -2.23. The maximum absolute atomic E-state index is 11.4. The highest BCUT2D eigenvalue weighted by Gasteiger charge is 2.21. The van der Waals surface area contributed by atoms with Crippen LogP contribution >= 0.6 is 11.8 Å². The average molecular weight is 331 g/mol. The smallest absolute Gasteiger partial charge is 0.238 e. The summed E-state index contributed by atoms with van der Waals surface area (Å²) in [5, 5.41) is 6.54. The Balaban J connectivity index is 2.21. The fourth-order valence-corrected chi connectivity index (χ4v) is 3.19. The number of anilines is 1. The molecular formula is C17H21N3O2S. The summed E-state index contributed by atoms with van der Waals surface area (Å²) in [6.07, 6.45) is 0.666. The zero-order valence-corrected chi connectivity index (χ0v) is 14.5. The van der Waals surface area contributed by atoms with Gasteiger partial charge in [-0.15, -0.1) is 0 Å². The van der Waals surface area contributed by atoms with Gasteiger partial charge in [-0.2, -0.15) is 10.2 Å². The van der Waals surface area contributed by atoms with Crippen molar-refractivity contribution < 1.29 is 9.63 Å². The number of benzene rings is 1. The van der Waals surface area contributed by atoms with E-state index in [1.165, 1.54) is 10.6 Å². The maximum Gasteiger partial charge on any atom is 0.238 e. The van der Waals surface area contributed by atoms with Gasteiger partial charge in [0, 0.05) is 12.8 Å². The van der Waals surface area contributed by atoms with E-state index in [2.05, 4.69) is 23.8 Å². The summed E-state index contributed by atoms with van der Waals surface area (Å²) in [7, 11) is 1.87. The van der Waals surface area contributed by atoms with Crippen LogP contribution in [0.5, 0.6) is 0 Å². The number of aryl methyl sites for hydroxylation is 2. The number of carbonyl (C=O) groups excluding carboxylic acids is 1. The molecule has 1 amide bonds. The van der Waals surface area contributed by atoms with Crippen molar-refractivity contribution in [2.75, 3.05) is 11.7 Å². The Morgan fingerprint density at radius 3 is 2.74 bits per heavy atom. The van der Waals surface area contributed by atoms with Gasteiger partial charge in [-0.05, 0) is 19.4 Å². The van der Waals surface area contributed by atoms with E-state index < -0.39 is 0 Å². The standard InChI is InChI=1S/C17H21N3O2S/c1-13(2)10-22-20(12-21)16-14(3)18-19(4)17(16)23-11-15-8-6-5-7-9-15/h5-9,12H,1,10-11H2,2-4H3. The van der Waals surface area contributed by atoms with Gasteiger partial charge in [0.1, 0.15) is 10.7 Å². The quantitative estimate of drug-likeness (QED) is 0.321. The minimum atomic E-state index is 0.288. The minimum Gasteiger partial charge on any atom is -0.276 e. The lowest BCUT2D eigenvalue weighted by atomic mass is 10.2. The third-order valence-electron chi connectivity index (χ3n) is 3.12. The van der Waals surface area contributed by atoms with Crippen molar-refractivity contribution >= 4 is 23.9 Å². The fourth-order valence-electron chi connectivity index (χ4n) is 2.09. The Morgan fingerprint density at radius 1 is 1.43 bits per heavy atom. The molecule has 2 aromatic rings. The maximum atomic E-state index is 11.4. The van der Waals surface area contributed by atoms with Crippen LogP contribution in [0.3, 0.4) is 0 Å². The van der Waals surface area contributed by atoms with Crippen LogP contribution < -0.4 is 5.06 Å². The largest absolute Gasteiger partial charge is 0.276 e. The van der Waals surface area contributed by atoms with E-state index >= 15 is 0 Å². The van der Waals surface area contributed by atoms with Crippen LogP contribution in [0.25, 0.3) is 0 Å². The minimum absolute atomic E-state index is 0.288. The Hall–Kier alpha value is -2.05. The second-order valence-electron chi connectivity index (χ2n) is 5.30. The summed E-state index contributed by atoms with van der Waals surface area (Å²) in [5.74, 6) is 0.792. The predicted molar refractivity (Wildman–Crippen MR) is 93.3 cm³/mol. The lowest BCUT2D eigenvalue weighted by Gasteiger charge is -2.18. The van der Waals surface area contributed by atoms with Crippen molar-refractivity contribution in [1.82, 2.24) is 9.78 Å². The summed E-state index contributed by atoms with van der Waals surface area (Å²) in [6, 6.07) is 10.2. The van der Waals surface area contributed by atoms with E-state index in [-0.39, 0.29) is 6.61 Å². The van der Waals surface area contributed by atoms with Crippen molar-refractivity contribution in [3.63, 3.8) is 0 Å². The number of thioether (sulfide) groups is 1. The molecule has 1 aromatic heterocycles. The molecule has 2 rings (SSSR count). The monoisotopic (exact) mass is 331 g/mol. The molecule has 0 fully saturated rings. The van der Waals surface area contributed by atoms with Gasteiger partial charge in [0.25, 0.3) is 0 Å². The van der Waals surface area contributed by atoms with E-state index in [1.807, 2.05) is 39.1 Å². The van der Waals surface area contributed by atoms with Gasteiger partial charge >= 0.3 is 0 Å². The van der Waals surface area contributed by atoms with E-state index in [0.717, 1.165) is 22.0 Å². The third-order valence-corrected chi connectivity index (χ3v) is 4.33. The van der Waals surface area contributed by atoms with Crippen molar-refractivity contribution in [2.24, 2.45) is 7.05 Å². The molecule has 0 saturated heterocycles. The van der Waals surface area contributed by atoms with Gasteiger partial charge in [-0.25, -0.2) is 0 Å². The molecule has 0 atom stereocenters. The first-order valence-corrected chi connectivity index (χ1v) is 8.23. The summed E-state index contributed by atoms with van der Waals surface area (Å²) in [6.45, 7) is 7.79. The lowest BCUT2D eigenvalue weighted by molar-refractivity contribution is -0.113. The highest BCUT2D eigenvalue weighted by atomic mass is 32.2. The first kappa shape index (κ1) is 17.3. The molecule has 1 heterocycles. The number of carbonyl (C=O) groups is 1. The Bertz CT molecular complexity index is 683. The first-order chi connectivity index (χ1) is 11.0. The van der Waals surface area contributed by atoms with Gasteiger partial charge in [-0.1, -0.05) is 54.2 Å². The molecule has 1 aromatic carbocycles. The average Bonchev–Trinajstić information content (AvgIpc) is 2.81. The summed E-state index contributed by atoms with van der Waals surface area (Å²) >= 11 is 1.62. The molecular weight excluding hydrogens is 310 g/mol. The molecule has 6 heteroatoms. The van der Waals surface area contributed by atoms with Crippen LogP contribution in [0.4, 0.5) is 5.69 Å². The molecule has 0 spiro atoms. The highest BCUT2D eigenvalue weighted by Crippen LogP contribution is 2.34. The Kier molecular flexibility index (Phi) is 6.01. The van der Waals surface area contributed by atoms with Gasteiger partial charge in [-0.3, -0.25) is 14.3 Å². The van der Waals surface area contributed by atoms with E-state index in [4.69, 9.17) is 4.84 Å². The second kappa shape index (κ2) is 7.99. The molecule has 0 aliphatic rings. The number of aromatic nitrogens is 2. The van der Waals surface area contributed by atoms with Crippen LogP contribution in [-0.2, 0) is 22.4 Å². The van der Waals surface area contributed by atoms with Gasteiger partial charge in [0.05, 0.1) is 12.3 Å². The molecule has 0 radical (unpaired) electrons. The van der Waals surface area contributed by atoms with Gasteiger partial charge < -0.3 is 0 Å². The van der Waals surface area contributed by atoms with Crippen molar-refractivity contribution in [3.05, 3.63) is 53.7 Å². The molecule has 0 unspecified atom stereocenters. The molecule has 0 bridgehead atoms. The van der Waals surface area contributed by atoms with Crippen LogP contribution in [0.1, 0.15) is 18.2 Å². The van der Waals surface area contributed by atoms with E-state index in [0.29, 0.717) is 12.1 Å². The molecule has 23 heavy (non-hydrogen) atoms. The number of rotatable bonds is 8. The van der Waals surface area contributed by atoms with Crippen molar-refractivity contribution in [3.8, 4) is 0 Å². The van der Waals surface area contributed by atoms with E-state index in [9.17, 15) is 4.79 Å². The Morgan fingerprint density at radius 2 is 2.13 bits per heavy atom. The van der Waals surface area contributed by atoms with Crippen molar-refractivity contribution in [2.45, 2.75) is 24.6 Å². The van der Waals surface area contributed by atoms with E-state index in [1.54, 1.807) is 16.4 Å². The zero-order chi connectivity index (χ0) is 16.8. The molecule has 5 nitrogen and oxygen atoms in total. The zero-order valence-electron chi connectivity index (χ0n) is 13.7. The van der Waals surface area contributed by atoms with Gasteiger partial charge in [0.2, 0.25) is 6.41 Å². The number of nitrogens with zero attached hydrogens (tertiary/aromatic N) is 3. The number of hydrogen-bond acceptors (Lipinski definition) is 4. The molecule has 0 saturated carbocycles. The molecule has 0 N–H and O–H groups in total. The second-order valence-corrected chi connectivity index (χ2v) is 6.26. The van der Waals surface area contributed by atoms with Crippen LogP contribution in [0.2, 0.25) is 0 Å². The van der Waals surface area contributed by atoms with Crippen LogP contribution in [0.15, 0.2) is 47.5 Å². The number of hydrogen-bond donors (Lipinski definition) is 0. The van der Waals surface area contributed by atoms with Crippen LogP contribution in [0, 0.1) is 6.92 Å². The Labute approximate surface area is 140 Å². The molecule has 0 aliphatic carbocycles. The van der Waals surface area contributed by atoms with Gasteiger partial charge in [0.15, 0.2) is 0 Å². The highest BCUT2D eigenvalue weighted by molar-refractivity contribution is 7.98. The number of amides is 1. The summed E-state index contributed by atoms with van der Waals surface area (Å²) in [5.41, 5.74) is 3.49. The normalized spacial score (nSPS) is 10.6. The SMILES string of the molecule is C=C(C)CON(C=O)c1c(C)nn(C)c1SCc1ccccc1.